The summed E-state index contributed by atoms with van der Waals surface area (Å²) in [5.74, 6) is -0.0732. The maximum absolute atomic E-state index is 12.2. The lowest BCUT2D eigenvalue weighted by atomic mass is 9.90. The fourth-order valence-electron chi connectivity index (χ4n) is 3.42. The van der Waals surface area contributed by atoms with Crippen molar-refractivity contribution >= 4 is 26.7 Å². The Kier molecular flexibility index (Phi) is 4.46. The number of halogens is 1. The number of rotatable bonds is 3. The number of phenols is 2. The normalized spacial score (nSPS) is 11.0. The van der Waals surface area contributed by atoms with Crippen molar-refractivity contribution in [3.8, 4) is 33.8 Å². The second-order valence-electron chi connectivity index (χ2n) is 6.26. The first-order chi connectivity index (χ1) is 13.1. The van der Waals surface area contributed by atoms with Crippen LogP contribution in [0.1, 0.15) is 5.56 Å². The van der Waals surface area contributed by atoms with Crippen LogP contribution in [0.4, 0.5) is 0 Å². The van der Waals surface area contributed by atoms with Crippen molar-refractivity contribution in [2.75, 3.05) is 0 Å². The molecule has 0 unspecified atom stereocenters. The van der Waals surface area contributed by atoms with Crippen molar-refractivity contribution < 1.29 is 10.2 Å². The van der Waals surface area contributed by atoms with E-state index in [0.717, 1.165) is 16.5 Å². The summed E-state index contributed by atoms with van der Waals surface area (Å²) in [6.07, 6.45) is 1.61. The van der Waals surface area contributed by atoms with E-state index in [4.69, 9.17) is 0 Å². The molecular weight excluding hydrogens is 406 g/mol. The Bertz CT molecular complexity index is 1210. The highest BCUT2D eigenvalue weighted by Gasteiger charge is 2.18. The van der Waals surface area contributed by atoms with Gasteiger partial charge in [0.2, 0.25) is 0 Å². The summed E-state index contributed by atoms with van der Waals surface area (Å²) in [5, 5.41) is 22.7. The smallest absolute Gasteiger partial charge is 0.255 e. The van der Waals surface area contributed by atoms with Crippen molar-refractivity contribution in [2.24, 2.45) is 0 Å². The summed E-state index contributed by atoms with van der Waals surface area (Å²) < 4.78 is 0. The number of hydrogen-bond donors (Lipinski definition) is 3. The SMILES string of the molecule is O=c1[nH]cc(-c2c(O)cc(O)cc2-c2ccccc2CBr)c2ccccc12. The van der Waals surface area contributed by atoms with Crippen molar-refractivity contribution in [2.45, 2.75) is 5.33 Å². The molecule has 134 valence electrons. The molecule has 27 heavy (non-hydrogen) atoms. The zero-order valence-electron chi connectivity index (χ0n) is 14.2. The zero-order valence-corrected chi connectivity index (χ0v) is 15.8. The Morgan fingerprint density at radius 2 is 1.56 bits per heavy atom. The minimum atomic E-state index is -0.185. The first kappa shape index (κ1) is 17.4. The molecule has 0 aliphatic rings. The maximum atomic E-state index is 12.2. The quantitative estimate of drug-likeness (QED) is 0.399. The molecule has 0 atom stereocenters. The van der Waals surface area contributed by atoms with E-state index in [0.29, 0.717) is 27.4 Å². The standard InChI is InChI=1S/C22H16BrNO3/c23-11-13-5-1-2-6-15(13)18-9-14(25)10-20(26)21(18)19-12-24-22(27)17-8-4-3-7-16(17)19/h1-10,12,25-26H,11H2,(H,24,27). The van der Waals surface area contributed by atoms with Crippen LogP contribution in [0.3, 0.4) is 0 Å². The molecule has 1 heterocycles. The molecule has 4 aromatic rings. The molecule has 0 fully saturated rings. The average Bonchev–Trinajstić information content (AvgIpc) is 2.69. The highest BCUT2D eigenvalue weighted by atomic mass is 79.9. The van der Waals surface area contributed by atoms with E-state index in [1.54, 1.807) is 24.4 Å². The third-order valence-corrected chi connectivity index (χ3v) is 5.24. The number of benzene rings is 3. The van der Waals surface area contributed by atoms with Gasteiger partial charge in [0.1, 0.15) is 11.5 Å². The van der Waals surface area contributed by atoms with Gasteiger partial charge in [0.05, 0.1) is 0 Å². The largest absolute Gasteiger partial charge is 0.508 e. The van der Waals surface area contributed by atoms with E-state index < -0.39 is 0 Å². The van der Waals surface area contributed by atoms with E-state index >= 15 is 0 Å². The Hall–Kier alpha value is -3.05. The summed E-state index contributed by atoms with van der Waals surface area (Å²) in [4.78, 5) is 14.9. The fraction of sp³-hybridized carbons (Fsp3) is 0.0455. The summed E-state index contributed by atoms with van der Waals surface area (Å²) in [6.45, 7) is 0. The van der Waals surface area contributed by atoms with Crippen LogP contribution in [0.5, 0.6) is 11.5 Å². The highest BCUT2D eigenvalue weighted by Crippen LogP contribution is 2.44. The molecule has 0 saturated heterocycles. The lowest BCUT2D eigenvalue weighted by Gasteiger charge is -2.16. The highest BCUT2D eigenvalue weighted by molar-refractivity contribution is 9.08. The maximum Gasteiger partial charge on any atom is 0.255 e. The van der Waals surface area contributed by atoms with Crippen LogP contribution in [-0.4, -0.2) is 15.2 Å². The number of aromatic nitrogens is 1. The molecule has 3 N–H and O–H groups in total. The van der Waals surface area contributed by atoms with Gasteiger partial charge in [-0.25, -0.2) is 0 Å². The zero-order chi connectivity index (χ0) is 19.0. The van der Waals surface area contributed by atoms with Gasteiger partial charge in [0, 0.05) is 34.1 Å². The van der Waals surface area contributed by atoms with Gasteiger partial charge in [-0.3, -0.25) is 4.79 Å². The molecule has 5 heteroatoms. The van der Waals surface area contributed by atoms with Crippen LogP contribution in [0.2, 0.25) is 0 Å². The van der Waals surface area contributed by atoms with E-state index in [2.05, 4.69) is 20.9 Å². The van der Waals surface area contributed by atoms with Gasteiger partial charge in [-0.2, -0.15) is 0 Å². The Balaban J connectivity index is 2.12. The monoisotopic (exact) mass is 421 g/mol. The number of phenolic OH excluding ortho intramolecular Hbond substituents is 2. The van der Waals surface area contributed by atoms with Crippen LogP contribution in [0, 0.1) is 0 Å². The Morgan fingerprint density at radius 3 is 2.33 bits per heavy atom. The van der Waals surface area contributed by atoms with E-state index in [1.807, 2.05) is 36.4 Å². The minimum Gasteiger partial charge on any atom is -0.508 e. The van der Waals surface area contributed by atoms with Crippen molar-refractivity contribution in [3.05, 3.63) is 82.8 Å². The predicted octanol–water partition coefficient (Wildman–Crippen LogP) is 5.17. The summed E-state index contributed by atoms with van der Waals surface area (Å²) in [7, 11) is 0. The fourth-order valence-corrected chi connectivity index (χ4v) is 3.91. The molecule has 0 aliphatic carbocycles. The number of H-pyrrole nitrogens is 1. The van der Waals surface area contributed by atoms with Crippen LogP contribution in [0.25, 0.3) is 33.0 Å². The van der Waals surface area contributed by atoms with Crippen LogP contribution < -0.4 is 5.56 Å². The molecule has 0 saturated carbocycles. The van der Waals surface area contributed by atoms with Gasteiger partial charge < -0.3 is 15.2 Å². The number of hydrogen-bond acceptors (Lipinski definition) is 3. The summed E-state index contributed by atoms with van der Waals surface area (Å²) in [6, 6.07) is 18.0. The lowest BCUT2D eigenvalue weighted by Crippen LogP contribution is -2.06. The van der Waals surface area contributed by atoms with Gasteiger partial charge in [-0.05, 0) is 34.2 Å². The van der Waals surface area contributed by atoms with Gasteiger partial charge in [0.15, 0.2) is 0 Å². The van der Waals surface area contributed by atoms with E-state index in [1.165, 1.54) is 6.07 Å². The number of fused-ring (bicyclic) bond motifs is 1. The molecule has 0 radical (unpaired) electrons. The number of nitrogens with one attached hydrogen (secondary N) is 1. The van der Waals surface area contributed by atoms with Crippen LogP contribution in [-0.2, 0) is 5.33 Å². The molecular formula is C22H16BrNO3. The number of alkyl halides is 1. The van der Waals surface area contributed by atoms with Gasteiger partial charge in [0.25, 0.3) is 5.56 Å². The molecule has 0 bridgehead atoms. The molecule has 0 aliphatic heterocycles. The first-order valence-electron chi connectivity index (χ1n) is 8.41. The average molecular weight is 422 g/mol. The number of aromatic hydroxyl groups is 2. The van der Waals surface area contributed by atoms with Crippen molar-refractivity contribution in [3.63, 3.8) is 0 Å². The Morgan fingerprint density at radius 1 is 0.852 bits per heavy atom. The van der Waals surface area contributed by atoms with Crippen molar-refractivity contribution in [1.29, 1.82) is 0 Å². The number of pyridine rings is 1. The van der Waals surface area contributed by atoms with Gasteiger partial charge in [-0.1, -0.05) is 58.4 Å². The minimum absolute atomic E-state index is 0.0237. The van der Waals surface area contributed by atoms with Crippen molar-refractivity contribution in [1.82, 2.24) is 4.98 Å². The van der Waals surface area contributed by atoms with E-state index in [9.17, 15) is 15.0 Å². The van der Waals surface area contributed by atoms with Crippen LogP contribution in [0.15, 0.2) is 71.7 Å². The second kappa shape index (κ2) is 6.93. The Labute approximate surface area is 163 Å². The molecule has 4 nitrogen and oxygen atoms in total. The molecule has 4 rings (SSSR count). The van der Waals surface area contributed by atoms with Gasteiger partial charge in [-0.15, -0.1) is 0 Å². The number of aromatic amines is 1. The van der Waals surface area contributed by atoms with Gasteiger partial charge >= 0.3 is 0 Å². The molecule has 1 aromatic heterocycles. The van der Waals surface area contributed by atoms with E-state index in [-0.39, 0.29) is 17.1 Å². The second-order valence-corrected chi connectivity index (χ2v) is 6.82. The molecule has 3 aromatic carbocycles. The van der Waals surface area contributed by atoms with Crippen LogP contribution >= 0.6 is 15.9 Å². The third kappa shape index (κ3) is 3.00. The first-order valence-corrected chi connectivity index (χ1v) is 9.53. The predicted molar refractivity (Wildman–Crippen MR) is 111 cm³/mol. The summed E-state index contributed by atoms with van der Waals surface area (Å²) >= 11 is 3.50. The lowest BCUT2D eigenvalue weighted by molar-refractivity contribution is 0.452. The molecule has 0 amide bonds. The third-order valence-electron chi connectivity index (χ3n) is 4.63. The topological polar surface area (TPSA) is 73.3 Å². The molecule has 0 spiro atoms. The summed E-state index contributed by atoms with van der Waals surface area (Å²) in [5.41, 5.74) is 3.69.